The van der Waals surface area contributed by atoms with Crippen LogP contribution in [0.2, 0.25) is 0 Å². The predicted octanol–water partition coefficient (Wildman–Crippen LogP) is 1.71. The number of hydrogen-bond donors (Lipinski definition) is 1. The van der Waals surface area contributed by atoms with Crippen molar-refractivity contribution in [2.75, 3.05) is 13.3 Å². The normalized spacial score (nSPS) is 12.8. The Morgan fingerprint density at radius 1 is 1.44 bits per heavy atom. The second-order valence-electron chi connectivity index (χ2n) is 3.84. The van der Waals surface area contributed by atoms with Gasteiger partial charge in [0, 0.05) is 11.4 Å². The van der Waals surface area contributed by atoms with E-state index in [0.29, 0.717) is 0 Å². The van der Waals surface area contributed by atoms with E-state index in [0.717, 1.165) is 6.54 Å². The van der Waals surface area contributed by atoms with E-state index in [1.807, 2.05) is 18.9 Å². The number of amides is 1. The van der Waals surface area contributed by atoms with Crippen molar-refractivity contribution >= 4 is 17.7 Å². The van der Waals surface area contributed by atoms with Gasteiger partial charge in [-0.1, -0.05) is 12.1 Å². The van der Waals surface area contributed by atoms with Crippen LogP contribution in [0.4, 0.5) is 0 Å². The van der Waals surface area contributed by atoms with Crippen LogP contribution in [0.15, 0.2) is 29.2 Å². The summed E-state index contributed by atoms with van der Waals surface area (Å²) in [5.41, 5.74) is 6.44. The van der Waals surface area contributed by atoms with Gasteiger partial charge in [-0.2, -0.15) is 0 Å². The van der Waals surface area contributed by atoms with Crippen molar-refractivity contribution in [1.82, 2.24) is 4.90 Å². The molecule has 1 aromatic carbocycles. The van der Waals surface area contributed by atoms with E-state index in [1.165, 1.54) is 10.5 Å². The van der Waals surface area contributed by atoms with Crippen molar-refractivity contribution in [3.8, 4) is 0 Å². The summed E-state index contributed by atoms with van der Waals surface area (Å²) in [7, 11) is 1.90. The topological polar surface area (TPSA) is 46.3 Å². The average molecular weight is 238 g/mol. The average Bonchev–Trinajstić information content (AvgIpc) is 2.28. The van der Waals surface area contributed by atoms with Gasteiger partial charge in [-0.15, -0.1) is 11.8 Å². The number of hydrogen-bond acceptors (Lipinski definition) is 3. The number of likely N-dealkylation sites (N-methyl/N-ethyl adjacent to an activating group) is 1. The van der Waals surface area contributed by atoms with Crippen LogP contribution in [0.1, 0.15) is 12.5 Å². The molecule has 0 saturated heterocycles. The minimum atomic E-state index is -0.289. The minimum absolute atomic E-state index is 0.236. The molecule has 4 heteroatoms. The first-order valence-electron chi connectivity index (χ1n) is 5.17. The number of primary amides is 1. The van der Waals surface area contributed by atoms with Crippen molar-refractivity contribution in [3.05, 3.63) is 29.8 Å². The van der Waals surface area contributed by atoms with Crippen LogP contribution >= 0.6 is 11.8 Å². The standard InChI is InChI=1S/C12H18N2OS/c1-9(12(13)15)14(2)8-10-4-6-11(16-3)7-5-10/h4-7,9H,8H2,1-3H3,(H2,13,15). The summed E-state index contributed by atoms with van der Waals surface area (Å²) in [6.45, 7) is 2.55. The first-order valence-corrected chi connectivity index (χ1v) is 6.39. The molecule has 0 spiro atoms. The number of thioether (sulfide) groups is 1. The van der Waals surface area contributed by atoms with Crippen LogP contribution in [0.5, 0.6) is 0 Å². The van der Waals surface area contributed by atoms with Crippen molar-refractivity contribution in [2.24, 2.45) is 5.73 Å². The monoisotopic (exact) mass is 238 g/mol. The zero-order chi connectivity index (χ0) is 12.1. The summed E-state index contributed by atoms with van der Waals surface area (Å²) in [6, 6.07) is 8.10. The molecule has 0 aliphatic heterocycles. The highest BCUT2D eigenvalue weighted by Gasteiger charge is 2.14. The number of carbonyl (C=O) groups is 1. The van der Waals surface area contributed by atoms with Crippen LogP contribution in [0.3, 0.4) is 0 Å². The maximum atomic E-state index is 11.0. The highest BCUT2D eigenvalue weighted by Crippen LogP contribution is 2.15. The van der Waals surface area contributed by atoms with Crippen LogP contribution < -0.4 is 5.73 Å². The number of nitrogens with two attached hydrogens (primary N) is 1. The lowest BCUT2D eigenvalue weighted by molar-refractivity contribution is -0.122. The summed E-state index contributed by atoms with van der Waals surface area (Å²) in [6.07, 6.45) is 2.05. The van der Waals surface area contributed by atoms with Crippen molar-refractivity contribution in [3.63, 3.8) is 0 Å². The fraction of sp³-hybridized carbons (Fsp3) is 0.417. The first-order chi connectivity index (χ1) is 7.54. The molecule has 0 heterocycles. The molecule has 2 N–H and O–H groups in total. The van der Waals surface area contributed by atoms with E-state index >= 15 is 0 Å². The van der Waals surface area contributed by atoms with Crippen LogP contribution in [0.25, 0.3) is 0 Å². The van der Waals surface area contributed by atoms with E-state index < -0.39 is 0 Å². The Morgan fingerprint density at radius 2 is 2.00 bits per heavy atom. The van der Waals surface area contributed by atoms with Gasteiger partial charge in [-0.3, -0.25) is 9.69 Å². The van der Waals surface area contributed by atoms with Gasteiger partial charge in [0.2, 0.25) is 5.91 Å². The number of carbonyl (C=O) groups excluding carboxylic acids is 1. The zero-order valence-corrected chi connectivity index (χ0v) is 10.8. The maximum absolute atomic E-state index is 11.0. The Bertz CT molecular complexity index is 351. The molecule has 0 radical (unpaired) electrons. The van der Waals surface area contributed by atoms with Gasteiger partial charge in [0.15, 0.2) is 0 Å². The molecule has 1 amide bonds. The van der Waals surface area contributed by atoms with E-state index in [2.05, 4.69) is 30.5 Å². The summed E-state index contributed by atoms with van der Waals surface area (Å²) >= 11 is 1.72. The quantitative estimate of drug-likeness (QED) is 0.794. The summed E-state index contributed by atoms with van der Waals surface area (Å²) in [5.74, 6) is -0.289. The molecule has 88 valence electrons. The predicted molar refractivity (Wildman–Crippen MR) is 68.3 cm³/mol. The second kappa shape index (κ2) is 5.92. The highest BCUT2D eigenvalue weighted by molar-refractivity contribution is 7.98. The summed E-state index contributed by atoms with van der Waals surface area (Å²) < 4.78 is 0. The number of benzene rings is 1. The lowest BCUT2D eigenvalue weighted by atomic mass is 10.2. The Morgan fingerprint density at radius 3 is 2.44 bits per heavy atom. The molecule has 1 unspecified atom stereocenters. The maximum Gasteiger partial charge on any atom is 0.234 e. The Kier molecular flexibility index (Phi) is 4.83. The molecule has 0 bridgehead atoms. The number of rotatable bonds is 5. The first kappa shape index (κ1) is 13.1. The van der Waals surface area contributed by atoms with Gasteiger partial charge < -0.3 is 5.73 Å². The third kappa shape index (κ3) is 3.54. The van der Waals surface area contributed by atoms with Gasteiger partial charge in [-0.25, -0.2) is 0 Å². The van der Waals surface area contributed by atoms with Gasteiger partial charge in [0.1, 0.15) is 0 Å². The van der Waals surface area contributed by atoms with Gasteiger partial charge in [0.25, 0.3) is 0 Å². The molecular formula is C12H18N2OS. The Hall–Kier alpha value is -1.00. The Balaban J connectivity index is 2.62. The van der Waals surface area contributed by atoms with Crippen LogP contribution in [0, 0.1) is 0 Å². The molecule has 1 aromatic rings. The molecule has 0 aromatic heterocycles. The second-order valence-corrected chi connectivity index (χ2v) is 4.72. The van der Waals surface area contributed by atoms with E-state index in [-0.39, 0.29) is 11.9 Å². The minimum Gasteiger partial charge on any atom is -0.368 e. The van der Waals surface area contributed by atoms with Gasteiger partial charge >= 0.3 is 0 Å². The van der Waals surface area contributed by atoms with Crippen molar-refractivity contribution in [1.29, 1.82) is 0 Å². The fourth-order valence-corrected chi connectivity index (χ4v) is 1.78. The third-order valence-electron chi connectivity index (χ3n) is 2.66. The molecule has 3 nitrogen and oxygen atoms in total. The Labute approximate surface area is 101 Å². The molecule has 0 aliphatic carbocycles. The SMILES string of the molecule is CSc1ccc(CN(C)C(C)C(N)=O)cc1. The molecule has 0 fully saturated rings. The zero-order valence-electron chi connectivity index (χ0n) is 9.93. The summed E-state index contributed by atoms with van der Waals surface area (Å²) in [4.78, 5) is 14.2. The largest absolute Gasteiger partial charge is 0.368 e. The highest BCUT2D eigenvalue weighted by atomic mass is 32.2. The van der Waals surface area contributed by atoms with Crippen LogP contribution in [-0.4, -0.2) is 30.2 Å². The molecular weight excluding hydrogens is 220 g/mol. The fourth-order valence-electron chi connectivity index (χ4n) is 1.37. The van der Waals surface area contributed by atoms with Gasteiger partial charge in [-0.05, 0) is 37.9 Å². The van der Waals surface area contributed by atoms with Crippen molar-refractivity contribution in [2.45, 2.75) is 24.4 Å². The summed E-state index contributed by atoms with van der Waals surface area (Å²) in [5, 5.41) is 0. The third-order valence-corrected chi connectivity index (χ3v) is 3.41. The van der Waals surface area contributed by atoms with Crippen LogP contribution in [-0.2, 0) is 11.3 Å². The van der Waals surface area contributed by atoms with E-state index in [4.69, 9.17) is 5.73 Å². The number of nitrogens with zero attached hydrogens (tertiary/aromatic N) is 1. The van der Waals surface area contributed by atoms with Crippen molar-refractivity contribution < 1.29 is 4.79 Å². The lowest BCUT2D eigenvalue weighted by Gasteiger charge is -2.21. The molecule has 0 aliphatic rings. The lowest BCUT2D eigenvalue weighted by Crippen LogP contribution is -2.39. The molecule has 1 atom stereocenters. The molecule has 1 rings (SSSR count). The molecule has 16 heavy (non-hydrogen) atoms. The van der Waals surface area contributed by atoms with E-state index in [1.54, 1.807) is 11.8 Å². The van der Waals surface area contributed by atoms with Gasteiger partial charge in [0.05, 0.1) is 6.04 Å². The smallest absolute Gasteiger partial charge is 0.234 e. The molecule has 0 saturated carbocycles. The van der Waals surface area contributed by atoms with E-state index in [9.17, 15) is 4.79 Å².